The van der Waals surface area contributed by atoms with E-state index in [9.17, 15) is 9.59 Å². The van der Waals surface area contributed by atoms with Crippen LogP contribution in [0.4, 0.5) is 11.4 Å². The number of hydrogen-bond donors (Lipinski definition) is 1. The van der Waals surface area contributed by atoms with Gasteiger partial charge < -0.3 is 19.7 Å². The van der Waals surface area contributed by atoms with Crippen molar-refractivity contribution in [2.45, 2.75) is 19.3 Å². The SMILES string of the molecule is O=C(/C=C/c1ccc(N2CCCC2=O)cc1)Nc1cc2c(cc1Cl)OCCCO2. The zero-order valence-corrected chi connectivity index (χ0v) is 16.6. The fourth-order valence-corrected chi connectivity index (χ4v) is 3.51. The van der Waals surface area contributed by atoms with Gasteiger partial charge in [-0.1, -0.05) is 23.7 Å². The second-order valence-electron chi connectivity index (χ2n) is 6.89. The molecule has 2 aromatic carbocycles. The first-order valence-electron chi connectivity index (χ1n) is 9.59. The van der Waals surface area contributed by atoms with Crippen LogP contribution in [0.15, 0.2) is 42.5 Å². The van der Waals surface area contributed by atoms with Gasteiger partial charge in [-0.25, -0.2) is 0 Å². The van der Waals surface area contributed by atoms with Crippen LogP contribution in [0.1, 0.15) is 24.8 Å². The van der Waals surface area contributed by atoms with Gasteiger partial charge in [-0.2, -0.15) is 0 Å². The summed E-state index contributed by atoms with van der Waals surface area (Å²) in [4.78, 5) is 25.9. The highest BCUT2D eigenvalue weighted by atomic mass is 35.5. The Morgan fingerprint density at radius 1 is 1.07 bits per heavy atom. The predicted octanol–water partition coefficient (Wildman–Crippen LogP) is 4.28. The third-order valence-electron chi connectivity index (χ3n) is 4.80. The van der Waals surface area contributed by atoms with E-state index in [1.807, 2.05) is 24.3 Å². The van der Waals surface area contributed by atoms with Crippen molar-refractivity contribution in [2.75, 3.05) is 30.0 Å². The lowest BCUT2D eigenvalue weighted by Gasteiger charge is -2.15. The molecule has 0 spiro atoms. The molecule has 0 unspecified atom stereocenters. The summed E-state index contributed by atoms with van der Waals surface area (Å²) in [5.74, 6) is 0.996. The van der Waals surface area contributed by atoms with Gasteiger partial charge in [0.15, 0.2) is 11.5 Å². The molecular formula is C22H21ClN2O4. The molecule has 150 valence electrons. The van der Waals surface area contributed by atoms with E-state index in [1.165, 1.54) is 6.08 Å². The summed E-state index contributed by atoms with van der Waals surface area (Å²) in [7, 11) is 0. The summed E-state index contributed by atoms with van der Waals surface area (Å²) in [5.41, 5.74) is 2.21. The molecule has 0 bridgehead atoms. The number of benzene rings is 2. The zero-order valence-electron chi connectivity index (χ0n) is 15.8. The Bertz CT molecular complexity index is 956. The van der Waals surface area contributed by atoms with Gasteiger partial charge in [0.2, 0.25) is 11.8 Å². The van der Waals surface area contributed by atoms with Crippen LogP contribution in [0, 0.1) is 0 Å². The number of carbonyl (C=O) groups is 2. The van der Waals surface area contributed by atoms with Gasteiger partial charge in [0.25, 0.3) is 0 Å². The third kappa shape index (κ3) is 4.54. The largest absolute Gasteiger partial charge is 0.490 e. The van der Waals surface area contributed by atoms with Crippen LogP contribution in [0.2, 0.25) is 5.02 Å². The first-order chi connectivity index (χ1) is 14.1. The maximum absolute atomic E-state index is 12.3. The average Bonchev–Trinajstić information content (AvgIpc) is 3.02. The number of anilines is 2. The smallest absolute Gasteiger partial charge is 0.248 e. The molecule has 0 aromatic heterocycles. The van der Waals surface area contributed by atoms with E-state index in [1.54, 1.807) is 23.1 Å². The van der Waals surface area contributed by atoms with Crippen molar-refractivity contribution in [3.05, 3.63) is 53.1 Å². The molecule has 2 heterocycles. The quantitative estimate of drug-likeness (QED) is 0.761. The normalized spacial score (nSPS) is 16.2. The average molecular weight is 413 g/mol. The molecule has 4 rings (SSSR count). The van der Waals surface area contributed by atoms with Crippen LogP contribution in [0.5, 0.6) is 11.5 Å². The van der Waals surface area contributed by atoms with Gasteiger partial charge in [0.1, 0.15) is 0 Å². The van der Waals surface area contributed by atoms with Crippen molar-refractivity contribution in [1.29, 1.82) is 0 Å². The van der Waals surface area contributed by atoms with E-state index in [-0.39, 0.29) is 11.8 Å². The molecule has 0 atom stereocenters. The number of amides is 2. The highest BCUT2D eigenvalue weighted by Crippen LogP contribution is 2.37. The number of carbonyl (C=O) groups excluding carboxylic acids is 2. The van der Waals surface area contributed by atoms with Crippen LogP contribution >= 0.6 is 11.6 Å². The van der Waals surface area contributed by atoms with E-state index < -0.39 is 0 Å². The second kappa shape index (κ2) is 8.57. The van der Waals surface area contributed by atoms with Crippen LogP contribution in [0.3, 0.4) is 0 Å². The third-order valence-corrected chi connectivity index (χ3v) is 5.11. The number of halogens is 1. The fraction of sp³-hybridized carbons (Fsp3) is 0.273. The number of nitrogens with zero attached hydrogens (tertiary/aromatic N) is 1. The fourth-order valence-electron chi connectivity index (χ4n) is 3.31. The molecule has 0 aliphatic carbocycles. The van der Waals surface area contributed by atoms with Crippen LogP contribution in [-0.2, 0) is 9.59 Å². The van der Waals surface area contributed by atoms with Crippen LogP contribution < -0.4 is 19.7 Å². The van der Waals surface area contributed by atoms with Gasteiger partial charge in [-0.3, -0.25) is 9.59 Å². The first-order valence-corrected chi connectivity index (χ1v) is 9.96. The molecule has 0 saturated carbocycles. The van der Waals surface area contributed by atoms with Crippen molar-refractivity contribution >= 4 is 40.9 Å². The van der Waals surface area contributed by atoms with Gasteiger partial charge in [-0.15, -0.1) is 0 Å². The Kier molecular flexibility index (Phi) is 5.71. The molecule has 2 amide bonds. The lowest BCUT2D eigenvalue weighted by molar-refractivity contribution is -0.117. The lowest BCUT2D eigenvalue weighted by atomic mass is 10.2. The number of fused-ring (bicyclic) bond motifs is 1. The molecule has 29 heavy (non-hydrogen) atoms. The Morgan fingerprint density at radius 2 is 1.79 bits per heavy atom. The summed E-state index contributed by atoms with van der Waals surface area (Å²) in [6.45, 7) is 1.89. The molecule has 2 aliphatic rings. The number of ether oxygens (including phenoxy) is 2. The zero-order chi connectivity index (χ0) is 20.2. The van der Waals surface area contributed by atoms with Gasteiger partial charge in [-0.05, 0) is 30.2 Å². The van der Waals surface area contributed by atoms with Crippen molar-refractivity contribution in [2.24, 2.45) is 0 Å². The molecular weight excluding hydrogens is 392 g/mol. The Hall–Kier alpha value is -2.99. The first kappa shape index (κ1) is 19.3. The summed E-state index contributed by atoms with van der Waals surface area (Å²) in [6.07, 6.45) is 5.44. The van der Waals surface area contributed by atoms with Gasteiger partial charge in [0, 0.05) is 43.3 Å². The molecule has 6 nitrogen and oxygen atoms in total. The lowest BCUT2D eigenvalue weighted by Crippen LogP contribution is -2.23. The molecule has 7 heteroatoms. The van der Waals surface area contributed by atoms with Gasteiger partial charge >= 0.3 is 0 Å². The summed E-state index contributed by atoms with van der Waals surface area (Å²) in [6, 6.07) is 10.9. The van der Waals surface area contributed by atoms with E-state index in [2.05, 4.69) is 5.32 Å². The molecule has 0 radical (unpaired) electrons. The number of rotatable bonds is 4. The van der Waals surface area contributed by atoms with Gasteiger partial charge in [0.05, 0.1) is 23.9 Å². The number of hydrogen-bond acceptors (Lipinski definition) is 4. The Balaban J connectivity index is 1.41. The Labute approximate surface area is 174 Å². The molecule has 1 saturated heterocycles. The maximum atomic E-state index is 12.3. The van der Waals surface area contributed by atoms with Crippen molar-refractivity contribution in [3.63, 3.8) is 0 Å². The van der Waals surface area contributed by atoms with E-state index in [0.717, 1.165) is 30.6 Å². The van der Waals surface area contributed by atoms with E-state index in [0.29, 0.717) is 41.8 Å². The summed E-state index contributed by atoms with van der Waals surface area (Å²) in [5, 5.41) is 3.15. The van der Waals surface area contributed by atoms with Crippen LogP contribution in [-0.4, -0.2) is 31.6 Å². The van der Waals surface area contributed by atoms with Crippen molar-refractivity contribution in [3.8, 4) is 11.5 Å². The minimum Gasteiger partial charge on any atom is -0.490 e. The standard InChI is InChI=1S/C22H21ClN2O4/c23-17-13-19-20(29-12-2-11-28-19)14-18(17)24-21(26)9-6-15-4-7-16(8-5-15)25-10-1-3-22(25)27/h4-9,13-14H,1-3,10-12H2,(H,24,26)/b9-6+. The molecule has 1 N–H and O–H groups in total. The minimum absolute atomic E-state index is 0.152. The maximum Gasteiger partial charge on any atom is 0.248 e. The van der Waals surface area contributed by atoms with Crippen molar-refractivity contribution < 1.29 is 19.1 Å². The molecule has 2 aliphatic heterocycles. The molecule has 1 fully saturated rings. The highest BCUT2D eigenvalue weighted by Gasteiger charge is 2.21. The second-order valence-corrected chi connectivity index (χ2v) is 7.30. The summed E-state index contributed by atoms with van der Waals surface area (Å²) < 4.78 is 11.2. The summed E-state index contributed by atoms with van der Waals surface area (Å²) >= 11 is 6.26. The van der Waals surface area contributed by atoms with E-state index >= 15 is 0 Å². The van der Waals surface area contributed by atoms with E-state index in [4.69, 9.17) is 21.1 Å². The minimum atomic E-state index is -0.305. The highest BCUT2D eigenvalue weighted by molar-refractivity contribution is 6.34. The van der Waals surface area contributed by atoms with Crippen molar-refractivity contribution in [1.82, 2.24) is 0 Å². The predicted molar refractivity (Wildman–Crippen MR) is 113 cm³/mol. The monoisotopic (exact) mass is 412 g/mol. The van der Waals surface area contributed by atoms with Crippen LogP contribution in [0.25, 0.3) is 6.08 Å². The number of nitrogens with one attached hydrogen (secondary N) is 1. The molecule has 2 aromatic rings. The Morgan fingerprint density at radius 3 is 2.48 bits per heavy atom. The topological polar surface area (TPSA) is 67.9 Å².